The van der Waals surface area contributed by atoms with Crippen LogP contribution in [-0.4, -0.2) is 43.6 Å². The van der Waals surface area contributed by atoms with Gasteiger partial charge in [-0.25, -0.2) is 12.7 Å². The molecule has 5 heteroatoms. The molecule has 0 spiro atoms. The highest BCUT2D eigenvalue weighted by Gasteiger charge is 2.26. The second-order valence-corrected chi connectivity index (χ2v) is 8.60. The van der Waals surface area contributed by atoms with Crippen molar-refractivity contribution >= 4 is 10.0 Å². The van der Waals surface area contributed by atoms with E-state index in [0.29, 0.717) is 25.2 Å². The Labute approximate surface area is 131 Å². The van der Waals surface area contributed by atoms with Gasteiger partial charge in [0.15, 0.2) is 0 Å². The van der Waals surface area contributed by atoms with Crippen LogP contribution in [0.2, 0.25) is 0 Å². The summed E-state index contributed by atoms with van der Waals surface area (Å²) in [6.07, 6.45) is 9.77. The molecule has 1 aliphatic rings. The predicted molar refractivity (Wildman–Crippen MR) is 90.0 cm³/mol. The molecule has 21 heavy (non-hydrogen) atoms. The van der Waals surface area contributed by atoms with Gasteiger partial charge in [-0.2, -0.15) is 0 Å². The van der Waals surface area contributed by atoms with Crippen molar-refractivity contribution in [1.29, 1.82) is 0 Å². The van der Waals surface area contributed by atoms with Crippen LogP contribution < -0.4 is 5.32 Å². The van der Waals surface area contributed by atoms with Gasteiger partial charge in [0.1, 0.15) is 0 Å². The van der Waals surface area contributed by atoms with Gasteiger partial charge in [0.05, 0.1) is 5.75 Å². The number of hydrogen-bond donors (Lipinski definition) is 1. The van der Waals surface area contributed by atoms with Crippen LogP contribution >= 0.6 is 0 Å². The quantitative estimate of drug-likeness (QED) is 0.630. The first-order chi connectivity index (χ1) is 9.99. The van der Waals surface area contributed by atoms with E-state index in [4.69, 9.17) is 0 Å². The average Bonchev–Trinajstić information content (AvgIpc) is 2.47. The Bertz CT molecular complexity index is 362. The van der Waals surface area contributed by atoms with Gasteiger partial charge >= 0.3 is 0 Å². The third kappa shape index (κ3) is 7.11. The fourth-order valence-electron chi connectivity index (χ4n) is 3.02. The zero-order chi connectivity index (χ0) is 15.7. The van der Waals surface area contributed by atoms with E-state index in [1.807, 2.05) is 0 Å². The first-order valence-corrected chi connectivity index (χ1v) is 10.3. The van der Waals surface area contributed by atoms with Gasteiger partial charge in [0.2, 0.25) is 10.0 Å². The normalized spacial score (nSPS) is 19.8. The molecule has 0 aromatic carbocycles. The van der Waals surface area contributed by atoms with Crippen molar-refractivity contribution in [1.82, 2.24) is 9.62 Å². The fourth-order valence-corrected chi connectivity index (χ4v) is 4.16. The number of hydrogen-bond acceptors (Lipinski definition) is 3. The smallest absolute Gasteiger partial charge is 0.213 e. The molecule has 1 N–H and O–H groups in total. The van der Waals surface area contributed by atoms with Gasteiger partial charge < -0.3 is 5.32 Å². The lowest BCUT2D eigenvalue weighted by Gasteiger charge is -2.33. The van der Waals surface area contributed by atoms with E-state index in [9.17, 15) is 8.42 Å². The summed E-state index contributed by atoms with van der Waals surface area (Å²) < 4.78 is 25.3. The van der Waals surface area contributed by atoms with Crippen molar-refractivity contribution in [2.24, 2.45) is 0 Å². The number of rotatable bonds is 10. The summed E-state index contributed by atoms with van der Waals surface area (Å²) in [4.78, 5) is 0. The molecular weight excluding hydrogens is 284 g/mol. The minimum atomic E-state index is -2.99. The minimum absolute atomic E-state index is 0.221. The molecular formula is C16H34N2O2S. The summed E-state index contributed by atoms with van der Waals surface area (Å²) >= 11 is 0. The molecule has 0 aliphatic carbocycles. The first-order valence-electron chi connectivity index (χ1n) is 8.73. The van der Waals surface area contributed by atoms with Gasteiger partial charge in [0.25, 0.3) is 0 Å². The zero-order valence-electron chi connectivity index (χ0n) is 14.1. The van der Waals surface area contributed by atoms with E-state index in [1.165, 1.54) is 38.5 Å². The Morgan fingerprint density at radius 2 is 1.71 bits per heavy atom. The molecule has 1 aliphatic heterocycles. The monoisotopic (exact) mass is 318 g/mol. The molecule has 1 unspecified atom stereocenters. The van der Waals surface area contributed by atoms with Gasteiger partial charge in [0, 0.05) is 25.2 Å². The SMILES string of the molecule is CCCCCCCC(C)NC1CCN(S(=O)(=O)CC)CC1. The summed E-state index contributed by atoms with van der Waals surface area (Å²) in [5, 5.41) is 3.68. The van der Waals surface area contributed by atoms with Crippen LogP contribution in [0.3, 0.4) is 0 Å². The van der Waals surface area contributed by atoms with E-state index in [-0.39, 0.29) is 5.75 Å². The molecule has 1 atom stereocenters. The molecule has 126 valence electrons. The van der Waals surface area contributed by atoms with Crippen molar-refractivity contribution in [3.8, 4) is 0 Å². The number of nitrogens with zero attached hydrogens (tertiary/aromatic N) is 1. The molecule has 1 saturated heterocycles. The highest BCUT2D eigenvalue weighted by atomic mass is 32.2. The molecule has 0 saturated carbocycles. The van der Waals surface area contributed by atoms with Crippen molar-refractivity contribution in [2.45, 2.75) is 84.2 Å². The van der Waals surface area contributed by atoms with Crippen LogP contribution in [0, 0.1) is 0 Å². The minimum Gasteiger partial charge on any atom is -0.311 e. The van der Waals surface area contributed by atoms with Crippen molar-refractivity contribution in [3.63, 3.8) is 0 Å². The van der Waals surface area contributed by atoms with Gasteiger partial charge in [-0.05, 0) is 33.1 Å². The summed E-state index contributed by atoms with van der Waals surface area (Å²) in [7, 11) is -2.99. The maximum atomic E-state index is 11.8. The van der Waals surface area contributed by atoms with Crippen LogP contribution in [0.5, 0.6) is 0 Å². The Morgan fingerprint density at radius 3 is 2.29 bits per heavy atom. The van der Waals surface area contributed by atoms with Gasteiger partial charge in [-0.3, -0.25) is 0 Å². The maximum absolute atomic E-state index is 11.8. The number of sulfonamides is 1. The molecule has 1 rings (SSSR count). The van der Waals surface area contributed by atoms with Crippen LogP contribution in [-0.2, 0) is 10.0 Å². The maximum Gasteiger partial charge on any atom is 0.213 e. The molecule has 0 aromatic rings. The largest absolute Gasteiger partial charge is 0.311 e. The summed E-state index contributed by atoms with van der Waals surface area (Å²) in [5.41, 5.74) is 0. The second kappa shape index (κ2) is 9.80. The molecule has 4 nitrogen and oxygen atoms in total. The first kappa shape index (κ1) is 18.9. The highest BCUT2D eigenvalue weighted by molar-refractivity contribution is 7.89. The molecule has 1 fully saturated rings. The lowest BCUT2D eigenvalue weighted by molar-refractivity contribution is 0.272. The van der Waals surface area contributed by atoms with Gasteiger partial charge in [-0.15, -0.1) is 0 Å². The third-order valence-electron chi connectivity index (χ3n) is 4.47. The lowest BCUT2D eigenvalue weighted by atomic mass is 10.0. The van der Waals surface area contributed by atoms with E-state index >= 15 is 0 Å². The Hall–Kier alpha value is -0.130. The lowest BCUT2D eigenvalue weighted by Crippen LogP contribution is -2.47. The van der Waals surface area contributed by atoms with Crippen LogP contribution in [0.15, 0.2) is 0 Å². The molecule has 0 aromatic heterocycles. The van der Waals surface area contributed by atoms with E-state index in [2.05, 4.69) is 19.2 Å². The molecule has 0 bridgehead atoms. The summed E-state index contributed by atoms with van der Waals surface area (Å²) in [6.45, 7) is 7.58. The molecule has 0 radical (unpaired) electrons. The molecule has 0 amide bonds. The molecule has 1 heterocycles. The van der Waals surface area contributed by atoms with Crippen molar-refractivity contribution < 1.29 is 8.42 Å². The number of unbranched alkanes of at least 4 members (excludes halogenated alkanes) is 4. The highest BCUT2D eigenvalue weighted by Crippen LogP contribution is 2.16. The fraction of sp³-hybridized carbons (Fsp3) is 1.00. The zero-order valence-corrected chi connectivity index (χ0v) is 14.9. The van der Waals surface area contributed by atoms with Crippen LogP contribution in [0.25, 0.3) is 0 Å². The topological polar surface area (TPSA) is 49.4 Å². The Morgan fingerprint density at radius 1 is 1.10 bits per heavy atom. The second-order valence-electron chi connectivity index (χ2n) is 6.34. The van der Waals surface area contributed by atoms with Crippen LogP contribution in [0.1, 0.15) is 72.1 Å². The van der Waals surface area contributed by atoms with Gasteiger partial charge in [-0.1, -0.05) is 39.0 Å². The average molecular weight is 319 g/mol. The standard InChI is InChI=1S/C16H34N2O2S/c1-4-6-7-8-9-10-15(3)17-16-11-13-18(14-12-16)21(19,20)5-2/h15-17H,4-14H2,1-3H3. The van der Waals surface area contributed by atoms with Crippen molar-refractivity contribution in [2.75, 3.05) is 18.8 Å². The van der Waals surface area contributed by atoms with Crippen LogP contribution in [0.4, 0.5) is 0 Å². The predicted octanol–water partition coefficient (Wildman–Crippen LogP) is 3.14. The summed E-state index contributed by atoms with van der Waals surface area (Å²) in [6, 6.07) is 1.03. The summed E-state index contributed by atoms with van der Waals surface area (Å²) in [5.74, 6) is 0.221. The third-order valence-corrected chi connectivity index (χ3v) is 6.35. The Kier molecular flexibility index (Phi) is 8.83. The van der Waals surface area contributed by atoms with E-state index < -0.39 is 10.0 Å². The number of nitrogens with one attached hydrogen (secondary N) is 1. The van der Waals surface area contributed by atoms with E-state index in [1.54, 1.807) is 11.2 Å². The van der Waals surface area contributed by atoms with Crippen molar-refractivity contribution in [3.05, 3.63) is 0 Å². The number of piperidine rings is 1. The van der Waals surface area contributed by atoms with E-state index in [0.717, 1.165) is 12.8 Å². The Balaban J connectivity index is 2.17.